The van der Waals surface area contributed by atoms with Gasteiger partial charge in [-0.25, -0.2) is 0 Å². The minimum Gasteiger partial charge on any atom is -0.394 e. The molecule has 0 saturated heterocycles. The fourth-order valence-corrected chi connectivity index (χ4v) is 2.76. The van der Waals surface area contributed by atoms with Crippen LogP contribution in [-0.2, 0) is 4.74 Å². The molecule has 3 heteroatoms. The molecule has 0 aromatic heterocycles. The van der Waals surface area contributed by atoms with Crippen LogP contribution in [0.3, 0.4) is 0 Å². The highest BCUT2D eigenvalue weighted by Crippen LogP contribution is 2.41. The predicted octanol–water partition coefficient (Wildman–Crippen LogP) is 2.08. The van der Waals surface area contributed by atoms with Crippen molar-refractivity contribution in [2.45, 2.75) is 76.7 Å². The van der Waals surface area contributed by atoms with Gasteiger partial charge in [-0.3, -0.25) is 0 Å². The van der Waals surface area contributed by atoms with Gasteiger partial charge >= 0.3 is 0 Å². The SMILES string of the molecule is CC(C)(C)OC1CC(NC(C)(CO)C2CC2)C1. The highest BCUT2D eigenvalue weighted by Gasteiger charge is 2.44. The number of hydrogen-bond donors (Lipinski definition) is 2. The Morgan fingerprint density at radius 1 is 1.18 bits per heavy atom. The maximum absolute atomic E-state index is 9.52. The van der Waals surface area contributed by atoms with E-state index in [4.69, 9.17) is 4.74 Å². The molecule has 2 aliphatic rings. The van der Waals surface area contributed by atoms with Crippen LogP contribution in [0.5, 0.6) is 0 Å². The minimum atomic E-state index is -0.0582. The van der Waals surface area contributed by atoms with Crippen LogP contribution >= 0.6 is 0 Å². The van der Waals surface area contributed by atoms with Crippen molar-refractivity contribution in [2.75, 3.05) is 6.61 Å². The first-order valence-electron chi connectivity index (χ1n) is 6.89. The second-order valence-electron chi connectivity index (χ2n) is 7.01. The molecule has 2 fully saturated rings. The van der Waals surface area contributed by atoms with E-state index in [9.17, 15) is 5.11 Å². The minimum absolute atomic E-state index is 0.0353. The summed E-state index contributed by atoms with van der Waals surface area (Å²) in [5, 5.41) is 13.1. The zero-order valence-electron chi connectivity index (χ0n) is 11.6. The van der Waals surface area contributed by atoms with Crippen LogP contribution in [0.15, 0.2) is 0 Å². The second kappa shape index (κ2) is 4.52. The van der Waals surface area contributed by atoms with Crippen molar-refractivity contribution in [3.8, 4) is 0 Å². The molecule has 0 heterocycles. The third-order valence-corrected chi connectivity index (χ3v) is 3.96. The summed E-state index contributed by atoms with van der Waals surface area (Å²) in [5.74, 6) is 0.676. The number of hydrogen-bond acceptors (Lipinski definition) is 3. The van der Waals surface area contributed by atoms with Crippen molar-refractivity contribution in [3.05, 3.63) is 0 Å². The molecule has 0 aromatic carbocycles. The molecule has 0 spiro atoms. The Hall–Kier alpha value is -0.120. The Morgan fingerprint density at radius 3 is 2.18 bits per heavy atom. The van der Waals surface area contributed by atoms with E-state index >= 15 is 0 Å². The van der Waals surface area contributed by atoms with Gasteiger partial charge in [0.25, 0.3) is 0 Å². The molecular formula is C14H27NO2. The third kappa shape index (κ3) is 3.43. The molecular weight excluding hydrogens is 214 g/mol. The standard InChI is InChI=1S/C14H27NO2/c1-13(2,3)17-12-7-11(8-12)15-14(4,9-16)10-5-6-10/h10-12,15-16H,5-9H2,1-4H3. The van der Waals surface area contributed by atoms with Crippen LogP contribution in [0.25, 0.3) is 0 Å². The molecule has 17 heavy (non-hydrogen) atoms. The lowest BCUT2D eigenvalue weighted by molar-refractivity contribution is -0.106. The zero-order valence-corrected chi connectivity index (χ0v) is 11.6. The van der Waals surface area contributed by atoms with Crippen molar-refractivity contribution in [2.24, 2.45) is 5.92 Å². The van der Waals surface area contributed by atoms with Gasteiger partial charge in [-0.05, 0) is 59.3 Å². The average Bonchev–Trinajstić information content (AvgIpc) is 2.95. The number of ether oxygens (including phenoxy) is 1. The lowest BCUT2D eigenvalue weighted by Gasteiger charge is -2.44. The first-order valence-corrected chi connectivity index (χ1v) is 6.89. The molecule has 2 saturated carbocycles. The van der Waals surface area contributed by atoms with Gasteiger partial charge in [-0.15, -0.1) is 0 Å². The summed E-state index contributed by atoms with van der Waals surface area (Å²) in [7, 11) is 0. The fourth-order valence-electron chi connectivity index (χ4n) is 2.76. The van der Waals surface area contributed by atoms with Crippen LogP contribution in [0, 0.1) is 5.92 Å². The Kier molecular flexibility index (Phi) is 3.54. The Bertz CT molecular complexity index is 264. The largest absolute Gasteiger partial charge is 0.394 e. The molecule has 0 aliphatic heterocycles. The van der Waals surface area contributed by atoms with E-state index in [-0.39, 0.29) is 17.7 Å². The van der Waals surface area contributed by atoms with Gasteiger partial charge in [-0.2, -0.15) is 0 Å². The van der Waals surface area contributed by atoms with E-state index in [1.807, 2.05) is 0 Å². The van der Waals surface area contributed by atoms with Gasteiger partial charge in [0.1, 0.15) is 0 Å². The topological polar surface area (TPSA) is 41.5 Å². The van der Waals surface area contributed by atoms with E-state index < -0.39 is 0 Å². The molecule has 3 nitrogen and oxygen atoms in total. The van der Waals surface area contributed by atoms with Gasteiger partial charge in [-0.1, -0.05) is 0 Å². The van der Waals surface area contributed by atoms with Crippen molar-refractivity contribution < 1.29 is 9.84 Å². The first-order chi connectivity index (χ1) is 7.82. The molecule has 100 valence electrons. The Morgan fingerprint density at radius 2 is 1.76 bits per heavy atom. The normalized spacial score (nSPS) is 33.0. The van der Waals surface area contributed by atoms with E-state index in [0.717, 1.165) is 12.8 Å². The number of rotatable bonds is 5. The van der Waals surface area contributed by atoms with Crippen LogP contribution in [0.1, 0.15) is 53.4 Å². The maximum Gasteiger partial charge on any atom is 0.0613 e. The highest BCUT2D eigenvalue weighted by atomic mass is 16.5. The van der Waals surface area contributed by atoms with Gasteiger partial charge in [0.05, 0.1) is 18.3 Å². The highest BCUT2D eigenvalue weighted by molar-refractivity contribution is 5.01. The zero-order chi connectivity index (χ0) is 12.7. The van der Waals surface area contributed by atoms with Crippen molar-refractivity contribution >= 4 is 0 Å². The number of nitrogens with one attached hydrogen (secondary N) is 1. The monoisotopic (exact) mass is 241 g/mol. The van der Waals surface area contributed by atoms with E-state index in [1.165, 1.54) is 12.8 Å². The predicted molar refractivity (Wildman–Crippen MR) is 69.0 cm³/mol. The fraction of sp³-hybridized carbons (Fsp3) is 1.00. The van der Waals surface area contributed by atoms with Gasteiger partial charge < -0.3 is 15.2 Å². The van der Waals surface area contributed by atoms with Crippen LogP contribution in [0.4, 0.5) is 0 Å². The summed E-state index contributed by atoms with van der Waals surface area (Å²) in [6.07, 6.45) is 5.09. The molecule has 0 bridgehead atoms. The third-order valence-electron chi connectivity index (χ3n) is 3.96. The van der Waals surface area contributed by atoms with Gasteiger partial charge in [0, 0.05) is 11.6 Å². The number of aliphatic hydroxyl groups is 1. The molecule has 2 aliphatic carbocycles. The van der Waals surface area contributed by atoms with Crippen molar-refractivity contribution in [3.63, 3.8) is 0 Å². The Labute approximate surface area is 105 Å². The molecule has 2 N–H and O–H groups in total. The van der Waals surface area contributed by atoms with Crippen LogP contribution in [0.2, 0.25) is 0 Å². The molecule has 0 radical (unpaired) electrons. The summed E-state index contributed by atoms with van der Waals surface area (Å²) < 4.78 is 5.93. The summed E-state index contributed by atoms with van der Waals surface area (Å²) in [6, 6.07) is 0.528. The molecule has 2 rings (SSSR count). The maximum atomic E-state index is 9.52. The van der Waals surface area contributed by atoms with E-state index in [2.05, 4.69) is 33.0 Å². The lowest BCUT2D eigenvalue weighted by atomic mass is 9.85. The number of aliphatic hydroxyl groups excluding tert-OH is 1. The van der Waals surface area contributed by atoms with Gasteiger partial charge in [0.15, 0.2) is 0 Å². The summed E-state index contributed by atoms with van der Waals surface area (Å²) >= 11 is 0. The molecule has 1 atom stereocenters. The van der Waals surface area contributed by atoms with E-state index in [0.29, 0.717) is 18.1 Å². The van der Waals surface area contributed by atoms with Crippen LogP contribution < -0.4 is 5.32 Å². The Balaban J connectivity index is 1.73. The first kappa shape index (κ1) is 13.3. The quantitative estimate of drug-likeness (QED) is 0.774. The van der Waals surface area contributed by atoms with Gasteiger partial charge in [0.2, 0.25) is 0 Å². The lowest BCUT2D eigenvalue weighted by Crippen LogP contribution is -2.58. The van der Waals surface area contributed by atoms with Crippen molar-refractivity contribution in [1.82, 2.24) is 5.32 Å². The molecule has 1 unspecified atom stereocenters. The second-order valence-corrected chi connectivity index (χ2v) is 7.01. The smallest absolute Gasteiger partial charge is 0.0613 e. The average molecular weight is 241 g/mol. The summed E-state index contributed by atoms with van der Waals surface area (Å²) in [5.41, 5.74) is -0.0935. The van der Waals surface area contributed by atoms with Crippen LogP contribution in [-0.4, -0.2) is 35.0 Å². The summed E-state index contributed by atoms with van der Waals surface area (Å²) in [6.45, 7) is 8.73. The van der Waals surface area contributed by atoms with E-state index in [1.54, 1.807) is 0 Å². The molecule has 0 aromatic rings. The molecule has 0 amide bonds. The summed E-state index contributed by atoms with van der Waals surface area (Å²) in [4.78, 5) is 0. The van der Waals surface area contributed by atoms with Crippen molar-refractivity contribution in [1.29, 1.82) is 0 Å².